The van der Waals surface area contributed by atoms with Crippen LogP contribution in [0.1, 0.15) is 53.1 Å². The molecule has 2 N–H and O–H groups in total. The van der Waals surface area contributed by atoms with Crippen molar-refractivity contribution in [2.75, 3.05) is 6.54 Å². The highest BCUT2D eigenvalue weighted by atomic mass is 16.6. The van der Waals surface area contributed by atoms with E-state index in [1.54, 1.807) is 0 Å². The smallest absolute Gasteiger partial charge is 0.407 e. The van der Waals surface area contributed by atoms with Gasteiger partial charge in [0.05, 0.1) is 6.20 Å². The van der Waals surface area contributed by atoms with Gasteiger partial charge in [-0.2, -0.15) is 5.10 Å². The quantitative estimate of drug-likeness (QED) is 0.846. The number of ether oxygens (including phenoxy) is 1. The summed E-state index contributed by atoms with van der Waals surface area (Å²) in [6.07, 6.45) is 3.51. The minimum Gasteiger partial charge on any atom is -0.444 e. The third-order valence-corrected chi connectivity index (χ3v) is 2.97. The van der Waals surface area contributed by atoms with Gasteiger partial charge in [0.25, 0.3) is 0 Å². The first kappa shape index (κ1) is 17.5. The second-order valence-corrected chi connectivity index (χ2v) is 6.31. The van der Waals surface area contributed by atoms with Gasteiger partial charge in [0.15, 0.2) is 0 Å². The van der Waals surface area contributed by atoms with E-state index in [-0.39, 0.29) is 18.2 Å². The molecule has 0 saturated heterocycles. The molecule has 0 radical (unpaired) electrons. The fraction of sp³-hybridized carbons (Fsp3) is 0.733. The molecule has 120 valence electrons. The van der Waals surface area contributed by atoms with Crippen molar-refractivity contribution < 1.29 is 9.53 Å². The highest BCUT2D eigenvalue weighted by Gasteiger charge is 2.18. The molecule has 1 aromatic rings. The molecule has 0 aromatic carbocycles. The number of nitrogens with zero attached hydrogens (tertiary/aromatic N) is 2. The average Bonchev–Trinajstić information content (AvgIpc) is 2.82. The largest absolute Gasteiger partial charge is 0.444 e. The van der Waals surface area contributed by atoms with Gasteiger partial charge in [0, 0.05) is 36.9 Å². The lowest BCUT2D eigenvalue weighted by Crippen LogP contribution is -2.43. The van der Waals surface area contributed by atoms with Gasteiger partial charge in [0.1, 0.15) is 5.60 Å². The predicted octanol–water partition coefficient (Wildman–Crippen LogP) is 2.47. The average molecular weight is 296 g/mol. The Kier molecular flexibility index (Phi) is 6.20. The summed E-state index contributed by atoms with van der Waals surface area (Å²) >= 11 is 0. The number of hydrogen-bond donors (Lipinski definition) is 2. The van der Waals surface area contributed by atoms with Crippen LogP contribution in [0.15, 0.2) is 12.4 Å². The highest BCUT2D eigenvalue weighted by molar-refractivity contribution is 5.68. The fourth-order valence-corrected chi connectivity index (χ4v) is 1.81. The number of aromatic nitrogens is 2. The molecule has 0 aliphatic heterocycles. The van der Waals surface area contributed by atoms with E-state index in [1.807, 2.05) is 44.8 Å². The van der Waals surface area contributed by atoms with Gasteiger partial charge in [-0.1, -0.05) is 0 Å². The van der Waals surface area contributed by atoms with Crippen LogP contribution in [-0.2, 0) is 11.3 Å². The zero-order valence-corrected chi connectivity index (χ0v) is 13.9. The molecule has 6 nitrogen and oxygen atoms in total. The van der Waals surface area contributed by atoms with Crippen molar-refractivity contribution in [3.8, 4) is 0 Å². The summed E-state index contributed by atoms with van der Waals surface area (Å²) in [5.41, 5.74) is 0.667. The molecule has 0 aliphatic carbocycles. The Morgan fingerprint density at radius 1 is 1.43 bits per heavy atom. The normalized spacial score (nSPS) is 14.6. The molecule has 0 spiro atoms. The first-order chi connectivity index (χ1) is 9.71. The second kappa shape index (κ2) is 7.45. The van der Waals surface area contributed by atoms with Crippen LogP contribution in [0.5, 0.6) is 0 Å². The van der Waals surface area contributed by atoms with Crippen LogP contribution in [0.4, 0.5) is 4.79 Å². The zero-order valence-electron chi connectivity index (χ0n) is 13.9. The summed E-state index contributed by atoms with van der Waals surface area (Å²) < 4.78 is 7.13. The number of rotatable bonds is 6. The van der Waals surface area contributed by atoms with Gasteiger partial charge in [-0.05, 0) is 41.5 Å². The number of carbonyl (C=O) groups excluding carboxylic acids is 1. The number of aryl methyl sites for hydroxylation is 1. The van der Waals surface area contributed by atoms with Crippen molar-refractivity contribution in [1.82, 2.24) is 20.4 Å². The molecule has 1 aromatic heterocycles. The van der Waals surface area contributed by atoms with E-state index in [0.717, 1.165) is 12.1 Å². The molecule has 2 unspecified atom stereocenters. The Hall–Kier alpha value is -1.56. The number of nitrogens with one attached hydrogen (secondary N) is 2. The third-order valence-electron chi connectivity index (χ3n) is 2.97. The van der Waals surface area contributed by atoms with Crippen molar-refractivity contribution in [1.29, 1.82) is 0 Å². The van der Waals surface area contributed by atoms with Gasteiger partial charge in [0.2, 0.25) is 0 Å². The van der Waals surface area contributed by atoms with Crippen molar-refractivity contribution >= 4 is 6.09 Å². The van der Waals surface area contributed by atoms with Crippen molar-refractivity contribution in [3.05, 3.63) is 18.0 Å². The van der Waals surface area contributed by atoms with E-state index < -0.39 is 5.60 Å². The van der Waals surface area contributed by atoms with Gasteiger partial charge >= 0.3 is 6.09 Å². The topological polar surface area (TPSA) is 68.2 Å². The van der Waals surface area contributed by atoms with Crippen LogP contribution in [0, 0.1) is 0 Å². The molecule has 0 saturated carbocycles. The summed E-state index contributed by atoms with van der Waals surface area (Å²) in [5, 5.41) is 10.5. The summed E-state index contributed by atoms with van der Waals surface area (Å²) in [5.74, 6) is 0. The molecule has 1 heterocycles. The van der Waals surface area contributed by atoms with Crippen molar-refractivity contribution in [2.24, 2.45) is 0 Å². The van der Waals surface area contributed by atoms with E-state index >= 15 is 0 Å². The first-order valence-corrected chi connectivity index (χ1v) is 7.46. The number of alkyl carbamates (subject to hydrolysis) is 1. The molecular formula is C15H28N4O2. The number of hydrogen-bond acceptors (Lipinski definition) is 4. The Balaban J connectivity index is 2.35. The summed E-state index contributed by atoms with van der Waals surface area (Å²) in [6, 6.07) is 0.178. The minimum absolute atomic E-state index is 0.0106. The maximum atomic E-state index is 11.7. The second-order valence-electron chi connectivity index (χ2n) is 6.31. The lowest BCUT2D eigenvalue weighted by Gasteiger charge is -2.23. The molecule has 0 aliphatic rings. The van der Waals surface area contributed by atoms with Gasteiger partial charge in [-0.3, -0.25) is 4.68 Å². The maximum absolute atomic E-state index is 11.7. The van der Waals surface area contributed by atoms with Gasteiger partial charge < -0.3 is 15.4 Å². The van der Waals surface area contributed by atoms with Gasteiger partial charge in [-0.25, -0.2) is 4.79 Å². The molecule has 0 fully saturated rings. The standard InChI is InChI=1S/C15H28N4O2/c1-7-19-10-13(9-17-19)12(3)16-8-11(2)18-14(20)21-15(4,5)6/h9-12,16H,7-8H2,1-6H3,(H,18,20). The highest BCUT2D eigenvalue weighted by Crippen LogP contribution is 2.11. The van der Waals surface area contributed by atoms with Crippen molar-refractivity contribution in [3.63, 3.8) is 0 Å². The van der Waals surface area contributed by atoms with Crippen LogP contribution >= 0.6 is 0 Å². The number of carbonyl (C=O) groups is 1. The molecule has 1 rings (SSSR count). The van der Waals surface area contributed by atoms with Gasteiger partial charge in [-0.15, -0.1) is 0 Å². The first-order valence-electron chi connectivity index (χ1n) is 7.46. The van der Waals surface area contributed by atoms with Crippen LogP contribution in [0.2, 0.25) is 0 Å². The molecule has 6 heteroatoms. The minimum atomic E-state index is -0.473. The van der Waals surface area contributed by atoms with Crippen LogP contribution in [0.25, 0.3) is 0 Å². The molecule has 0 bridgehead atoms. The summed E-state index contributed by atoms with van der Waals surface area (Å²) in [6.45, 7) is 13.2. The third kappa shape index (κ3) is 6.62. The Labute approximate surface area is 127 Å². The monoisotopic (exact) mass is 296 g/mol. The Morgan fingerprint density at radius 2 is 2.10 bits per heavy atom. The van der Waals surface area contributed by atoms with Crippen LogP contribution in [-0.4, -0.2) is 34.1 Å². The van der Waals surface area contributed by atoms with E-state index in [4.69, 9.17) is 4.74 Å². The van der Waals surface area contributed by atoms with E-state index in [2.05, 4.69) is 29.6 Å². The van der Waals surface area contributed by atoms with E-state index in [1.165, 1.54) is 0 Å². The Bertz CT molecular complexity index is 451. The molecule has 21 heavy (non-hydrogen) atoms. The van der Waals surface area contributed by atoms with Crippen LogP contribution in [0.3, 0.4) is 0 Å². The molecule has 2 atom stereocenters. The zero-order chi connectivity index (χ0) is 16.0. The van der Waals surface area contributed by atoms with E-state index in [0.29, 0.717) is 6.54 Å². The summed E-state index contributed by atoms with van der Waals surface area (Å²) in [4.78, 5) is 11.7. The Morgan fingerprint density at radius 3 is 2.62 bits per heavy atom. The predicted molar refractivity (Wildman–Crippen MR) is 83.2 cm³/mol. The number of amides is 1. The molecule has 1 amide bonds. The lowest BCUT2D eigenvalue weighted by atomic mass is 10.2. The summed E-state index contributed by atoms with van der Waals surface area (Å²) in [7, 11) is 0. The molecular weight excluding hydrogens is 268 g/mol. The van der Waals surface area contributed by atoms with Crippen molar-refractivity contribution in [2.45, 2.75) is 65.8 Å². The van der Waals surface area contributed by atoms with Crippen LogP contribution < -0.4 is 10.6 Å². The maximum Gasteiger partial charge on any atom is 0.407 e. The van der Waals surface area contributed by atoms with E-state index in [9.17, 15) is 4.79 Å². The lowest BCUT2D eigenvalue weighted by molar-refractivity contribution is 0.0507. The fourth-order valence-electron chi connectivity index (χ4n) is 1.81. The SMILES string of the molecule is CCn1cc(C(C)NCC(C)NC(=O)OC(C)(C)C)cn1.